The van der Waals surface area contributed by atoms with Crippen LogP contribution < -0.4 is 0 Å². The Morgan fingerprint density at radius 1 is 1.46 bits per heavy atom. The maximum Gasteiger partial charge on any atom is 0.0966 e. The van der Waals surface area contributed by atoms with Crippen molar-refractivity contribution in [3.8, 4) is 17.9 Å². The van der Waals surface area contributed by atoms with Crippen molar-refractivity contribution in [1.82, 2.24) is 0 Å². The van der Waals surface area contributed by atoms with Gasteiger partial charge in [-0.2, -0.15) is 5.26 Å². The number of aryl methyl sites for hydroxylation is 1. The van der Waals surface area contributed by atoms with Gasteiger partial charge in [0.05, 0.1) is 12.5 Å². The quantitative estimate of drug-likeness (QED) is 0.633. The zero-order valence-corrected chi connectivity index (χ0v) is 8.85. The molecule has 0 radical (unpaired) electrons. The first-order valence-electron chi connectivity index (χ1n) is 3.86. The van der Waals surface area contributed by atoms with E-state index >= 15 is 0 Å². The molecule has 0 N–H and O–H groups in total. The van der Waals surface area contributed by atoms with Crippen molar-refractivity contribution in [2.75, 3.05) is 0 Å². The molecule has 0 unspecified atom stereocenters. The molecule has 0 bridgehead atoms. The van der Waals surface area contributed by atoms with E-state index in [1.807, 2.05) is 31.2 Å². The summed E-state index contributed by atoms with van der Waals surface area (Å²) in [5.74, 6) is 5.71. The van der Waals surface area contributed by atoms with Gasteiger partial charge in [-0.15, -0.1) is 0 Å². The standard InChI is InChI=1S/C11H8BrN/c1-9-5-6-11(12)10(8-9)4-2-3-7-13/h5-6,8H,3H2,1H3. The molecule has 0 heterocycles. The zero-order valence-electron chi connectivity index (χ0n) is 7.26. The minimum Gasteiger partial charge on any atom is -0.197 e. The number of nitriles is 1. The molecular weight excluding hydrogens is 226 g/mol. The Kier molecular flexibility index (Phi) is 3.55. The highest BCUT2D eigenvalue weighted by molar-refractivity contribution is 9.10. The molecule has 1 nitrogen and oxygen atoms in total. The Morgan fingerprint density at radius 3 is 2.92 bits per heavy atom. The van der Waals surface area contributed by atoms with Crippen LogP contribution in [-0.4, -0.2) is 0 Å². The van der Waals surface area contributed by atoms with Gasteiger partial charge >= 0.3 is 0 Å². The lowest BCUT2D eigenvalue weighted by Gasteiger charge is -1.96. The van der Waals surface area contributed by atoms with Gasteiger partial charge in [-0.3, -0.25) is 0 Å². The number of halogens is 1. The lowest BCUT2D eigenvalue weighted by molar-refractivity contribution is 1.39. The van der Waals surface area contributed by atoms with E-state index in [1.165, 1.54) is 5.56 Å². The molecule has 0 atom stereocenters. The lowest BCUT2D eigenvalue weighted by Crippen LogP contribution is -1.79. The Hall–Kier alpha value is -1.25. The van der Waals surface area contributed by atoms with Crippen molar-refractivity contribution in [3.05, 3.63) is 33.8 Å². The second-order valence-corrected chi connectivity index (χ2v) is 3.47. The van der Waals surface area contributed by atoms with Gasteiger partial charge in [-0.05, 0) is 40.5 Å². The van der Waals surface area contributed by atoms with Crippen molar-refractivity contribution < 1.29 is 0 Å². The summed E-state index contributed by atoms with van der Waals surface area (Å²) in [6.07, 6.45) is 0.278. The summed E-state index contributed by atoms with van der Waals surface area (Å²) in [5, 5.41) is 8.30. The second-order valence-electron chi connectivity index (χ2n) is 2.62. The smallest absolute Gasteiger partial charge is 0.0966 e. The highest BCUT2D eigenvalue weighted by Crippen LogP contribution is 2.16. The largest absolute Gasteiger partial charge is 0.197 e. The fourth-order valence-electron chi connectivity index (χ4n) is 0.914. The van der Waals surface area contributed by atoms with Crippen molar-refractivity contribution in [2.45, 2.75) is 13.3 Å². The normalized spacial score (nSPS) is 8.38. The summed E-state index contributed by atoms with van der Waals surface area (Å²) >= 11 is 3.40. The zero-order chi connectivity index (χ0) is 9.68. The van der Waals surface area contributed by atoms with E-state index in [0.29, 0.717) is 0 Å². The van der Waals surface area contributed by atoms with Crippen LogP contribution in [0.4, 0.5) is 0 Å². The molecule has 64 valence electrons. The first kappa shape index (κ1) is 9.84. The Morgan fingerprint density at radius 2 is 2.23 bits per heavy atom. The third-order valence-electron chi connectivity index (χ3n) is 1.51. The highest BCUT2D eigenvalue weighted by atomic mass is 79.9. The maximum atomic E-state index is 8.30. The molecule has 0 aliphatic rings. The average molecular weight is 234 g/mol. The Balaban J connectivity index is 2.97. The van der Waals surface area contributed by atoms with E-state index in [0.717, 1.165) is 10.0 Å². The first-order chi connectivity index (χ1) is 6.24. The van der Waals surface area contributed by atoms with Crippen LogP contribution in [-0.2, 0) is 0 Å². The molecule has 2 heteroatoms. The van der Waals surface area contributed by atoms with Crippen molar-refractivity contribution >= 4 is 15.9 Å². The third-order valence-corrected chi connectivity index (χ3v) is 2.20. The average Bonchev–Trinajstić information content (AvgIpc) is 2.11. The van der Waals surface area contributed by atoms with Gasteiger partial charge in [0, 0.05) is 10.0 Å². The fourth-order valence-corrected chi connectivity index (χ4v) is 1.26. The van der Waals surface area contributed by atoms with Gasteiger partial charge in [0.1, 0.15) is 0 Å². The number of rotatable bonds is 0. The highest BCUT2D eigenvalue weighted by Gasteiger charge is 1.94. The minimum absolute atomic E-state index is 0.278. The third kappa shape index (κ3) is 2.93. The maximum absolute atomic E-state index is 8.30. The number of nitrogens with zero attached hydrogens (tertiary/aromatic N) is 1. The predicted octanol–water partition coefficient (Wildman–Crippen LogP) is 3.02. The van der Waals surface area contributed by atoms with Crippen LogP contribution in [0, 0.1) is 30.1 Å². The van der Waals surface area contributed by atoms with Crippen LogP contribution >= 0.6 is 15.9 Å². The van der Waals surface area contributed by atoms with Crippen LogP contribution in [0.1, 0.15) is 17.5 Å². The molecule has 0 aliphatic carbocycles. The first-order valence-corrected chi connectivity index (χ1v) is 4.65. The van der Waals surface area contributed by atoms with Gasteiger partial charge in [0.15, 0.2) is 0 Å². The van der Waals surface area contributed by atoms with Crippen molar-refractivity contribution in [2.24, 2.45) is 0 Å². The van der Waals surface area contributed by atoms with E-state index in [2.05, 4.69) is 27.8 Å². The van der Waals surface area contributed by atoms with Crippen LogP contribution in [0.15, 0.2) is 22.7 Å². The van der Waals surface area contributed by atoms with E-state index in [9.17, 15) is 0 Å². The monoisotopic (exact) mass is 233 g/mol. The molecule has 0 saturated heterocycles. The fraction of sp³-hybridized carbons (Fsp3) is 0.182. The van der Waals surface area contributed by atoms with E-state index in [-0.39, 0.29) is 6.42 Å². The van der Waals surface area contributed by atoms with Crippen LogP contribution in [0.3, 0.4) is 0 Å². The van der Waals surface area contributed by atoms with Gasteiger partial charge < -0.3 is 0 Å². The molecule has 13 heavy (non-hydrogen) atoms. The van der Waals surface area contributed by atoms with Crippen molar-refractivity contribution in [3.63, 3.8) is 0 Å². The van der Waals surface area contributed by atoms with Crippen LogP contribution in [0.5, 0.6) is 0 Å². The molecule has 0 fully saturated rings. The Bertz CT molecular complexity index is 404. The summed E-state index contributed by atoms with van der Waals surface area (Å²) in [6.45, 7) is 2.02. The number of hydrogen-bond acceptors (Lipinski definition) is 1. The van der Waals surface area contributed by atoms with Gasteiger partial charge in [-0.1, -0.05) is 17.9 Å². The molecule has 0 saturated carbocycles. The predicted molar refractivity (Wildman–Crippen MR) is 56.0 cm³/mol. The Labute approximate surface area is 86.5 Å². The summed E-state index contributed by atoms with van der Waals surface area (Å²) in [4.78, 5) is 0. The molecule has 1 aromatic carbocycles. The molecule has 0 spiro atoms. The molecule has 1 rings (SSSR count). The molecule has 0 aromatic heterocycles. The van der Waals surface area contributed by atoms with E-state index < -0.39 is 0 Å². The van der Waals surface area contributed by atoms with Crippen LogP contribution in [0.2, 0.25) is 0 Å². The van der Waals surface area contributed by atoms with Crippen LogP contribution in [0.25, 0.3) is 0 Å². The molecular formula is C11H8BrN. The molecule has 1 aromatic rings. The summed E-state index contributed by atoms with van der Waals surface area (Å²) in [7, 11) is 0. The molecule has 0 amide bonds. The van der Waals surface area contributed by atoms with Gasteiger partial charge in [-0.25, -0.2) is 0 Å². The van der Waals surface area contributed by atoms with Gasteiger partial charge in [0.25, 0.3) is 0 Å². The topological polar surface area (TPSA) is 23.8 Å². The number of benzene rings is 1. The summed E-state index contributed by atoms with van der Waals surface area (Å²) in [5.41, 5.74) is 2.11. The van der Waals surface area contributed by atoms with Gasteiger partial charge in [0.2, 0.25) is 0 Å². The summed E-state index contributed by atoms with van der Waals surface area (Å²) < 4.78 is 0.975. The SMILES string of the molecule is Cc1ccc(Br)c(C#CCC#N)c1. The van der Waals surface area contributed by atoms with E-state index in [4.69, 9.17) is 5.26 Å². The number of hydrogen-bond donors (Lipinski definition) is 0. The lowest BCUT2D eigenvalue weighted by atomic mass is 10.1. The minimum atomic E-state index is 0.278. The molecule has 0 aliphatic heterocycles. The van der Waals surface area contributed by atoms with Crippen molar-refractivity contribution in [1.29, 1.82) is 5.26 Å². The summed E-state index contributed by atoms with van der Waals surface area (Å²) in [6, 6.07) is 7.96. The second kappa shape index (κ2) is 4.70. The van der Waals surface area contributed by atoms with E-state index in [1.54, 1.807) is 0 Å².